The minimum Gasteiger partial charge on any atom is -0.452 e. The summed E-state index contributed by atoms with van der Waals surface area (Å²) in [6, 6.07) is 11.2. The molecule has 1 N–H and O–H groups in total. The number of para-hydroxylation sites is 1. The van der Waals surface area contributed by atoms with Crippen molar-refractivity contribution in [3.8, 4) is 11.8 Å². The number of hydrogen-bond donors (Lipinski definition) is 1. The number of ether oxygens (including phenoxy) is 1. The van der Waals surface area contributed by atoms with Crippen molar-refractivity contribution in [3.05, 3.63) is 46.7 Å². The molecule has 0 aliphatic heterocycles. The molecule has 1 heterocycles. The van der Waals surface area contributed by atoms with E-state index in [1.807, 2.05) is 32.0 Å². The number of rotatable bonds is 6. The third-order valence-corrected chi connectivity index (χ3v) is 4.68. The average Bonchev–Trinajstić information content (AvgIpc) is 2.94. The van der Waals surface area contributed by atoms with Gasteiger partial charge in [0, 0.05) is 0 Å². The van der Waals surface area contributed by atoms with Crippen molar-refractivity contribution >= 4 is 23.5 Å². The van der Waals surface area contributed by atoms with Crippen LogP contribution >= 0.6 is 11.6 Å². The van der Waals surface area contributed by atoms with Crippen molar-refractivity contribution in [2.45, 2.75) is 33.2 Å². The minimum atomic E-state index is -1.05. The molecule has 1 atom stereocenters. The molecule has 27 heavy (non-hydrogen) atoms. The van der Waals surface area contributed by atoms with Gasteiger partial charge in [-0.1, -0.05) is 43.6 Å². The summed E-state index contributed by atoms with van der Waals surface area (Å²) in [7, 11) is 0. The van der Waals surface area contributed by atoms with Crippen LogP contribution in [0.4, 0.5) is 0 Å². The average molecular weight is 389 g/mol. The standard InChI is InChI=1S/C19H21ClN4O3/c1-12(2)19(4,11-21)22-15(25)10-27-18(26)16-13(3)23-24(17(16)20)14-8-6-5-7-9-14/h5-9,12H,10H2,1-4H3,(H,22,25)/t19-/m1/s1. The van der Waals surface area contributed by atoms with E-state index in [-0.39, 0.29) is 16.6 Å². The molecule has 0 aliphatic rings. The highest BCUT2D eigenvalue weighted by atomic mass is 35.5. The summed E-state index contributed by atoms with van der Waals surface area (Å²) < 4.78 is 6.50. The maximum Gasteiger partial charge on any atom is 0.343 e. The summed E-state index contributed by atoms with van der Waals surface area (Å²) in [6.07, 6.45) is 0. The van der Waals surface area contributed by atoms with E-state index >= 15 is 0 Å². The van der Waals surface area contributed by atoms with Crippen LogP contribution in [0.1, 0.15) is 36.8 Å². The predicted molar refractivity (Wildman–Crippen MR) is 101 cm³/mol. The predicted octanol–water partition coefficient (Wildman–Crippen LogP) is 3.05. The number of amides is 1. The van der Waals surface area contributed by atoms with Crippen LogP contribution in [-0.2, 0) is 9.53 Å². The van der Waals surface area contributed by atoms with Gasteiger partial charge in [-0.05, 0) is 31.9 Å². The lowest BCUT2D eigenvalue weighted by atomic mass is 9.90. The number of aromatic nitrogens is 2. The normalized spacial score (nSPS) is 12.9. The molecule has 0 saturated heterocycles. The minimum absolute atomic E-state index is 0.0974. The van der Waals surface area contributed by atoms with Crippen molar-refractivity contribution in [1.82, 2.24) is 15.1 Å². The molecule has 1 aromatic heterocycles. The summed E-state index contributed by atoms with van der Waals surface area (Å²) >= 11 is 6.30. The largest absolute Gasteiger partial charge is 0.452 e. The zero-order chi connectivity index (χ0) is 20.2. The first kappa shape index (κ1) is 20.5. The molecule has 2 rings (SSSR count). The van der Waals surface area contributed by atoms with Crippen LogP contribution in [0.3, 0.4) is 0 Å². The van der Waals surface area contributed by atoms with Gasteiger partial charge in [0.15, 0.2) is 6.61 Å². The van der Waals surface area contributed by atoms with Gasteiger partial charge in [0.2, 0.25) is 0 Å². The van der Waals surface area contributed by atoms with E-state index in [0.717, 1.165) is 0 Å². The van der Waals surface area contributed by atoms with Gasteiger partial charge in [-0.3, -0.25) is 4.79 Å². The van der Waals surface area contributed by atoms with Gasteiger partial charge in [0.1, 0.15) is 16.3 Å². The van der Waals surface area contributed by atoms with Crippen molar-refractivity contribution in [1.29, 1.82) is 5.26 Å². The molecule has 1 amide bonds. The quantitative estimate of drug-likeness (QED) is 0.767. The molecular weight excluding hydrogens is 368 g/mol. The first-order valence-electron chi connectivity index (χ1n) is 8.39. The first-order valence-corrected chi connectivity index (χ1v) is 8.77. The molecule has 8 heteroatoms. The van der Waals surface area contributed by atoms with Gasteiger partial charge in [-0.25, -0.2) is 9.48 Å². The highest BCUT2D eigenvalue weighted by Crippen LogP contribution is 2.24. The number of aryl methyl sites for hydroxylation is 1. The van der Waals surface area contributed by atoms with E-state index < -0.39 is 24.0 Å². The van der Waals surface area contributed by atoms with E-state index in [0.29, 0.717) is 11.4 Å². The Labute approximate surface area is 162 Å². The van der Waals surface area contributed by atoms with Crippen molar-refractivity contribution < 1.29 is 14.3 Å². The molecule has 142 valence electrons. The van der Waals surface area contributed by atoms with E-state index in [2.05, 4.69) is 16.5 Å². The van der Waals surface area contributed by atoms with Gasteiger partial charge in [-0.2, -0.15) is 10.4 Å². The Kier molecular flexibility index (Phi) is 6.24. The fraction of sp³-hybridized carbons (Fsp3) is 0.368. The van der Waals surface area contributed by atoms with Crippen LogP contribution in [-0.4, -0.2) is 33.8 Å². The van der Waals surface area contributed by atoms with E-state index in [9.17, 15) is 14.9 Å². The van der Waals surface area contributed by atoms with Gasteiger partial charge < -0.3 is 10.1 Å². The van der Waals surface area contributed by atoms with Crippen molar-refractivity contribution in [2.75, 3.05) is 6.61 Å². The summed E-state index contributed by atoms with van der Waals surface area (Å²) in [5.41, 5.74) is 0.137. The third kappa shape index (κ3) is 4.47. The topological polar surface area (TPSA) is 97.0 Å². The second-order valence-electron chi connectivity index (χ2n) is 6.59. The summed E-state index contributed by atoms with van der Waals surface area (Å²) in [4.78, 5) is 24.5. The van der Waals surface area contributed by atoms with Gasteiger partial charge in [0.25, 0.3) is 5.91 Å². The zero-order valence-corrected chi connectivity index (χ0v) is 16.4. The van der Waals surface area contributed by atoms with Gasteiger partial charge in [0.05, 0.1) is 17.5 Å². The lowest BCUT2D eigenvalue weighted by Gasteiger charge is -2.27. The summed E-state index contributed by atoms with van der Waals surface area (Å²) in [5, 5.41) is 16.2. The fourth-order valence-electron chi connectivity index (χ4n) is 2.30. The third-order valence-electron chi connectivity index (χ3n) is 4.33. The zero-order valence-electron chi connectivity index (χ0n) is 15.6. The maximum absolute atomic E-state index is 12.4. The molecule has 2 aromatic rings. The number of halogens is 1. The molecule has 1 aromatic carbocycles. The van der Waals surface area contributed by atoms with Crippen molar-refractivity contribution in [2.24, 2.45) is 5.92 Å². The molecule has 0 fully saturated rings. The molecule has 0 spiro atoms. The molecule has 7 nitrogen and oxygen atoms in total. The maximum atomic E-state index is 12.4. The second-order valence-corrected chi connectivity index (χ2v) is 6.95. The number of carbonyl (C=O) groups is 2. The van der Waals surface area contributed by atoms with Crippen LogP contribution in [0.2, 0.25) is 5.15 Å². The molecule has 0 bridgehead atoms. The van der Waals surface area contributed by atoms with Crippen LogP contribution in [0.25, 0.3) is 5.69 Å². The number of carbonyl (C=O) groups excluding carboxylic acids is 2. The molecule has 0 unspecified atom stereocenters. The Morgan fingerprint density at radius 1 is 1.37 bits per heavy atom. The number of nitrogens with zero attached hydrogens (tertiary/aromatic N) is 3. The van der Waals surface area contributed by atoms with Crippen LogP contribution in [0, 0.1) is 24.2 Å². The Bertz CT molecular complexity index is 886. The number of nitriles is 1. The lowest BCUT2D eigenvalue weighted by molar-refractivity contribution is -0.125. The van der Waals surface area contributed by atoms with E-state index in [4.69, 9.17) is 16.3 Å². The second kappa shape index (κ2) is 8.23. The number of hydrogen-bond acceptors (Lipinski definition) is 5. The van der Waals surface area contributed by atoms with Crippen LogP contribution in [0.15, 0.2) is 30.3 Å². The smallest absolute Gasteiger partial charge is 0.343 e. The Hall–Kier alpha value is -2.85. The monoisotopic (exact) mass is 388 g/mol. The van der Waals surface area contributed by atoms with Crippen molar-refractivity contribution in [3.63, 3.8) is 0 Å². The number of benzene rings is 1. The van der Waals surface area contributed by atoms with Gasteiger partial charge in [-0.15, -0.1) is 0 Å². The van der Waals surface area contributed by atoms with E-state index in [1.165, 1.54) is 4.68 Å². The summed E-state index contributed by atoms with van der Waals surface area (Å²) in [5.74, 6) is -1.42. The lowest BCUT2D eigenvalue weighted by Crippen LogP contribution is -2.50. The number of esters is 1. The van der Waals surface area contributed by atoms with Crippen LogP contribution < -0.4 is 5.32 Å². The Morgan fingerprint density at radius 2 is 2.00 bits per heavy atom. The highest BCUT2D eigenvalue weighted by Gasteiger charge is 2.30. The van der Waals surface area contributed by atoms with E-state index in [1.54, 1.807) is 26.0 Å². The summed E-state index contributed by atoms with van der Waals surface area (Å²) in [6.45, 7) is 6.36. The fourth-order valence-corrected chi connectivity index (χ4v) is 2.65. The Morgan fingerprint density at radius 3 is 2.56 bits per heavy atom. The highest BCUT2D eigenvalue weighted by molar-refractivity contribution is 6.33. The Balaban J connectivity index is 2.10. The number of nitrogens with one attached hydrogen (secondary N) is 1. The molecule has 0 aliphatic carbocycles. The first-order chi connectivity index (χ1) is 12.7. The van der Waals surface area contributed by atoms with Gasteiger partial charge >= 0.3 is 5.97 Å². The molecule has 0 saturated carbocycles. The molecular formula is C19H21ClN4O3. The molecule has 0 radical (unpaired) electrons. The van der Waals surface area contributed by atoms with Crippen LogP contribution in [0.5, 0.6) is 0 Å². The SMILES string of the molecule is Cc1nn(-c2ccccc2)c(Cl)c1C(=O)OCC(=O)N[C@](C)(C#N)C(C)C.